The summed E-state index contributed by atoms with van der Waals surface area (Å²) in [6, 6.07) is 16.1. The lowest BCUT2D eigenvalue weighted by Crippen LogP contribution is -2.07. The van der Waals surface area contributed by atoms with Gasteiger partial charge >= 0.3 is 0 Å². The molecule has 0 aromatic heterocycles. The highest BCUT2D eigenvalue weighted by Crippen LogP contribution is 2.27. The molecule has 0 aliphatic heterocycles. The summed E-state index contributed by atoms with van der Waals surface area (Å²) >= 11 is 0. The average molecular weight is 263 g/mol. The van der Waals surface area contributed by atoms with Gasteiger partial charge in [0.25, 0.3) is 0 Å². The van der Waals surface area contributed by atoms with Crippen LogP contribution in [0.2, 0.25) is 0 Å². The predicted octanol–water partition coefficient (Wildman–Crippen LogP) is 3.58. The first-order valence-electron chi connectivity index (χ1n) is 6.76. The first kappa shape index (κ1) is 12.7. The largest absolute Gasteiger partial charge is 0.378 e. The standard InChI is InChI=1S/C18H17NO/c1-19(2)16-9-7-13(8-10-16)11-15-12-14-5-3-4-6-17(14)18(15)20/h3-11H,12H2,1-2H3/b15-11-. The molecule has 100 valence electrons. The van der Waals surface area contributed by atoms with Crippen LogP contribution in [0.5, 0.6) is 0 Å². The zero-order valence-corrected chi connectivity index (χ0v) is 11.8. The Labute approximate surface area is 119 Å². The Bertz CT molecular complexity index is 681. The van der Waals surface area contributed by atoms with Gasteiger partial charge in [-0.15, -0.1) is 0 Å². The second-order valence-corrected chi connectivity index (χ2v) is 5.32. The van der Waals surface area contributed by atoms with Crippen LogP contribution in [0.1, 0.15) is 21.5 Å². The molecular weight excluding hydrogens is 246 g/mol. The van der Waals surface area contributed by atoms with Gasteiger partial charge in [0.1, 0.15) is 0 Å². The molecule has 1 aliphatic rings. The molecule has 0 spiro atoms. The van der Waals surface area contributed by atoms with Crippen LogP contribution in [0.3, 0.4) is 0 Å². The van der Waals surface area contributed by atoms with Crippen molar-refractivity contribution in [3.63, 3.8) is 0 Å². The van der Waals surface area contributed by atoms with Crippen molar-refractivity contribution < 1.29 is 4.79 Å². The molecule has 0 unspecified atom stereocenters. The van der Waals surface area contributed by atoms with Gasteiger partial charge in [-0.25, -0.2) is 0 Å². The minimum Gasteiger partial charge on any atom is -0.378 e. The molecular formula is C18H17NO. The van der Waals surface area contributed by atoms with E-state index in [1.54, 1.807) is 0 Å². The van der Waals surface area contributed by atoms with Crippen molar-refractivity contribution in [2.24, 2.45) is 0 Å². The number of anilines is 1. The first-order chi connectivity index (χ1) is 9.65. The normalized spacial score (nSPS) is 15.5. The van der Waals surface area contributed by atoms with Gasteiger partial charge in [-0.1, -0.05) is 36.4 Å². The minimum atomic E-state index is 0.164. The van der Waals surface area contributed by atoms with E-state index in [0.717, 1.165) is 34.4 Å². The average Bonchev–Trinajstić information content (AvgIpc) is 2.77. The Morgan fingerprint density at radius 3 is 2.35 bits per heavy atom. The number of ketones is 1. The van der Waals surface area contributed by atoms with Crippen molar-refractivity contribution in [3.05, 3.63) is 70.8 Å². The number of fused-ring (bicyclic) bond motifs is 1. The quantitative estimate of drug-likeness (QED) is 0.772. The summed E-state index contributed by atoms with van der Waals surface area (Å²) in [6.07, 6.45) is 2.74. The summed E-state index contributed by atoms with van der Waals surface area (Å²) in [5, 5.41) is 0. The maximum Gasteiger partial charge on any atom is 0.189 e. The Hall–Kier alpha value is -2.35. The summed E-state index contributed by atoms with van der Waals surface area (Å²) in [5.41, 5.74) is 5.10. The summed E-state index contributed by atoms with van der Waals surface area (Å²) in [4.78, 5) is 14.4. The van der Waals surface area contributed by atoms with Crippen LogP contribution in [0.25, 0.3) is 6.08 Å². The number of hydrogen-bond acceptors (Lipinski definition) is 2. The van der Waals surface area contributed by atoms with Crippen molar-refractivity contribution in [2.75, 3.05) is 19.0 Å². The van der Waals surface area contributed by atoms with Crippen LogP contribution < -0.4 is 4.90 Å². The Morgan fingerprint density at radius 2 is 1.70 bits per heavy atom. The SMILES string of the molecule is CN(C)c1ccc(/C=C2/Cc3ccccc3C2=O)cc1. The van der Waals surface area contributed by atoms with Crippen LogP contribution in [-0.4, -0.2) is 19.9 Å². The van der Waals surface area contributed by atoms with E-state index in [9.17, 15) is 4.79 Å². The van der Waals surface area contributed by atoms with E-state index in [-0.39, 0.29) is 5.78 Å². The number of benzene rings is 2. The van der Waals surface area contributed by atoms with E-state index in [1.807, 2.05) is 44.4 Å². The molecule has 20 heavy (non-hydrogen) atoms. The number of carbonyl (C=O) groups is 1. The van der Waals surface area contributed by atoms with Crippen LogP contribution in [0.15, 0.2) is 54.1 Å². The second kappa shape index (κ2) is 4.97. The fourth-order valence-electron chi connectivity index (χ4n) is 2.54. The molecule has 3 rings (SSSR count). The van der Waals surface area contributed by atoms with Crippen LogP contribution in [0, 0.1) is 0 Å². The van der Waals surface area contributed by atoms with Crippen molar-refractivity contribution >= 4 is 17.5 Å². The number of allylic oxidation sites excluding steroid dienone is 1. The highest BCUT2D eigenvalue weighted by molar-refractivity contribution is 6.15. The van der Waals surface area contributed by atoms with E-state index in [2.05, 4.69) is 29.2 Å². The topological polar surface area (TPSA) is 20.3 Å². The smallest absolute Gasteiger partial charge is 0.189 e. The van der Waals surface area contributed by atoms with Crippen molar-refractivity contribution in [1.82, 2.24) is 0 Å². The number of hydrogen-bond donors (Lipinski definition) is 0. The number of nitrogens with zero attached hydrogens (tertiary/aromatic N) is 1. The van der Waals surface area contributed by atoms with E-state index >= 15 is 0 Å². The van der Waals surface area contributed by atoms with Crippen LogP contribution in [-0.2, 0) is 6.42 Å². The van der Waals surface area contributed by atoms with E-state index in [1.165, 1.54) is 0 Å². The number of Topliss-reactive ketones (excluding diaryl/α,β-unsaturated/α-hetero) is 1. The molecule has 0 fully saturated rings. The van der Waals surface area contributed by atoms with Gasteiger partial charge in [-0.3, -0.25) is 4.79 Å². The van der Waals surface area contributed by atoms with E-state index < -0.39 is 0 Å². The van der Waals surface area contributed by atoms with Crippen molar-refractivity contribution in [1.29, 1.82) is 0 Å². The molecule has 1 aliphatic carbocycles. The molecule has 0 saturated heterocycles. The highest BCUT2D eigenvalue weighted by Gasteiger charge is 2.23. The van der Waals surface area contributed by atoms with Gasteiger partial charge in [-0.05, 0) is 29.3 Å². The maximum atomic E-state index is 12.3. The summed E-state index contributed by atoms with van der Waals surface area (Å²) < 4.78 is 0. The summed E-state index contributed by atoms with van der Waals surface area (Å²) in [6.45, 7) is 0. The highest BCUT2D eigenvalue weighted by atomic mass is 16.1. The lowest BCUT2D eigenvalue weighted by molar-refractivity contribution is 0.104. The van der Waals surface area contributed by atoms with Gasteiger partial charge in [0, 0.05) is 37.3 Å². The van der Waals surface area contributed by atoms with Gasteiger partial charge < -0.3 is 4.90 Å². The first-order valence-corrected chi connectivity index (χ1v) is 6.76. The lowest BCUT2D eigenvalue weighted by atomic mass is 10.1. The molecule has 2 aromatic carbocycles. The Kier molecular flexibility index (Phi) is 3.15. The molecule has 0 heterocycles. The number of carbonyl (C=O) groups excluding carboxylic acids is 1. The third kappa shape index (κ3) is 2.25. The fraction of sp³-hybridized carbons (Fsp3) is 0.167. The predicted molar refractivity (Wildman–Crippen MR) is 83.2 cm³/mol. The third-order valence-electron chi connectivity index (χ3n) is 3.68. The summed E-state index contributed by atoms with van der Waals surface area (Å²) in [7, 11) is 4.04. The molecule has 0 radical (unpaired) electrons. The third-order valence-corrected chi connectivity index (χ3v) is 3.68. The fourth-order valence-corrected chi connectivity index (χ4v) is 2.54. The van der Waals surface area contributed by atoms with E-state index in [4.69, 9.17) is 0 Å². The van der Waals surface area contributed by atoms with Gasteiger partial charge in [0.2, 0.25) is 0 Å². The second-order valence-electron chi connectivity index (χ2n) is 5.32. The Balaban J connectivity index is 1.89. The lowest BCUT2D eigenvalue weighted by Gasteiger charge is -2.11. The monoisotopic (exact) mass is 263 g/mol. The zero-order valence-electron chi connectivity index (χ0n) is 11.8. The van der Waals surface area contributed by atoms with Crippen LogP contribution >= 0.6 is 0 Å². The molecule has 0 saturated carbocycles. The van der Waals surface area contributed by atoms with Crippen LogP contribution in [0.4, 0.5) is 5.69 Å². The Morgan fingerprint density at radius 1 is 1.00 bits per heavy atom. The minimum absolute atomic E-state index is 0.164. The van der Waals surface area contributed by atoms with Gasteiger partial charge in [0.05, 0.1) is 0 Å². The molecule has 0 N–H and O–H groups in total. The molecule has 0 atom stereocenters. The van der Waals surface area contributed by atoms with Gasteiger partial charge in [-0.2, -0.15) is 0 Å². The molecule has 2 nitrogen and oxygen atoms in total. The van der Waals surface area contributed by atoms with E-state index in [0.29, 0.717) is 0 Å². The molecule has 0 amide bonds. The number of rotatable bonds is 2. The molecule has 2 aromatic rings. The zero-order chi connectivity index (χ0) is 14.1. The van der Waals surface area contributed by atoms with Gasteiger partial charge in [0.15, 0.2) is 5.78 Å². The maximum absolute atomic E-state index is 12.3. The summed E-state index contributed by atoms with van der Waals surface area (Å²) in [5.74, 6) is 0.164. The molecule has 0 bridgehead atoms. The van der Waals surface area contributed by atoms with Crippen molar-refractivity contribution in [3.8, 4) is 0 Å². The molecule has 2 heteroatoms. The van der Waals surface area contributed by atoms with Crippen molar-refractivity contribution in [2.45, 2.75) is 6.42 Å².